The van der Waals surface area contributed by atoms with E-state index in [4.69, 9.17) is 4.74 Å². The van der Waals surface area contributed by atoms with Crippen LogP contribution in [0, 0.1) is 3.57 Å². The molecule has 3 aromatic carbocycles. The van der Waals surface area contributed by atoms with Gasteiger partial charge >= 0.3 is 0 Å². The lowest BCUT2D eigenvalue weighted by Crippen LogP contribution is -1.95. The number of fused-ring (bicyclic) bond motifs is 1. The van der Waals surface area contributed by atoms with Gasteiger partial charge in [0.2, 0.25) is 0 Å². The van der Waals surface area contributed by atoms with Gasteiger partial charge in [0.15, 0.2) is 5.82 Å². The zero-order valence-electron chi connectivity index (χ0n) is 13.4. The number of halogens is 1. The van der Waals surface area contributed by atoms with Crippen LogP contribution in [-0.2, 0) is 6.61 Å². The number of benzene rings is 3. The van der Waals surface area contributed by atoms with Gasteiger partial charge in [0.05, 0.1) is 5.52 Å². The summed E-state index contributed by atoms with van der Waals surface area (Å²) in [6, 6.07) is 24.2. The lowest BCUT2D eigenvalue weighted by molar-refractivity contribution is 0.306. The molecule has 4 rings (SSSR count). The van der Waals surface area contributed by atoms with Gasteiger partial charge in [-0.15, -0.1) is 0 Å². The van der Waals surface area contributed by atoms with E-state index in [1.54, 1.807) is 0 Å². The molecule has 3 nitrogen and oxygen atoms in total. The number of ether oxygens (including phenoxy) is 1. The Labute approximate surface area is 159 Å². The molecule has 0 saturated carbocycles. The molecular weight excluding hydrogens is 423 g/mol. The maximum atomic E-state index is 5.82. The smallest absolute Gasteiger partial charge is 0.159 e. The third kappa shape index (κ3) is 3.79. The molecule has 0 amide bonds. The zero-order valence-corrected chi connectivity index (χ0v) is 15.6. The summed E-state index contributed by atoms with van der Waals surface area (Å²) < 4.78 is 7.01. The van der Waals surface area contributed by atoms with E-state index in [2.05, 4.69) is 56.8 Å². The van der Waals surface area contributed by atoms with E-state index in [1.807, 2.05) is 54.7 Å². The molecular formula is C21H15IN2O. The molecule has 4 heteroatoms. The summed E-state index contributed by atoms with van der Waals surface area (Å²) >= 11 is 2.29. The second kappa shape index (κ2) is 7.19. The van der Waals surface area contributed by atoms with Crippen molar-refractivity contribution >= 4 is 33.5 Å². The molecule has 0 fully saturated rings. The van der Waals surface area contributed by atoms with Crippen molar-refractivity contribution in [2.24, 2.45) is 0 Å². The molecule has 0 aliphatic carbocycles. The van der Waals surface area contributed by atoms with Crippen molar-refractivity contribution in [3.63, 3.8) is 0 Å². The third-order valence-corrected chi connectivity index (χ3v) is 4.57. The van der Waals surface area contributed by atoms with Crippen LogP contribution in [0.25, 0.3) is 22.3 Å². The van der Waals surface area contributed by atoms with E-state index in [0.29, 0.717) is 6.61 Å². The Bertz CT molecular complexity index is 1000. The Kier molecular flexibility index (Phi) is 4.61. The molecule has 0 aliphatic rings. The summed E-state index contributed by atoms with van der Waals surface area (Å²) in [5.74, 6) is 1.56. The summed E-state index contributed by atoms with van der Waals surface area (Å²) in [6.07, 6.45) is 1.87. The van der Waals surface area contributed by atoms with Crippen LogP contribution in [0.1, 0.15) is 5.56 Å². The molecule has 1 aromatic heterocycles. The molecule has 0 N–H and O–H groups in total. The van der Waals surface area contributed by atoms with Crippen LogP contribution in [-0.4, -0.2) is 9.97 Å². The van der Waals surface area contributed by atoms with E-state index in [1.165, 1.54) is 3.57 Å². The van der Waals surface area contributed by atoms with E-state index in [-0.39, 0.29) is 0 Å². The van der Waals surface area contributed by atoms with Crippen LogP contribution in [0.4, 0.5) is 0 Å². The Balaban J connectivity index is 1.52. The molecule has 0 spiro atoms. The lowest BCUT2D eigenvalue weighted by Gasteiger charge is -2.07. The van der Waals surface area contributed by atoms with Crippen molar-refractivity contribution in [1.29, 1.82) is 0 Å². The first kappa shape index (κ1) is 16.0. The van der Waals surface area contributed by atoms with E-state index < -0.39 is 0 Å². The maximum absolute atomic E-state index is 5.82. The van der Waals surface area contributed by atoms with Crippen LogP contribution in [0.3, 0.4) is 0 Å². The minimum Gasteiger partial charge on any atom is -0.489 e. The van der Waals surface area contributed by atoms with Gasteiger partial charge in [-0.1, -0.05) is 30.3 Å². The first-order chi connectivity index (χ1) is 12.3. The highest BCUT2D eigenvalue weighted by Gasteiger charge is 2.04. The molecule has 0 unspecified atom stereocenters. The molecule has 0 bridgehead atoms. The largest absolute Gasteiger partial charge is 0.489 e. The first-order valence-corrected chi connectivity index (χ1v) is 9.05. The summed E-state index contributed by atoms with van der Waals surface area (Å²) in [5, 5.41) is 1.05. The summed E-state index contributed by atoms with van der Waals surface area (Å²) in [7, 11) is 0. The quantitative estimate of drug-likeness (QED) is 0.396. The average Bonchev–Trinajstić information content (AvgIpc) is 2.67. The average molecular weight is 438 g/mol. The molecule has 0 saturated heterocycles. The van der Waals surface area contributed by atoms with E-state index >= 15 is 0 Å². The van der Waals surface area contributed by atoms with Gasteiger partial charge < -0.3 is 4.74 Å². The fraction of sp³-hybridized carbons (Fsp3) is 0.0476. The Morgan fingerprint density at radius 1 is 0.880 bits per heavy atom. The van der Waals surface area contributed by atoms with E-state index in [0.717, 1.165) is 33.6 Å². The second-order valence-electron chi connectivity index (χ2n) is 5.70. The Morgan fingerprint density at radius 3 is 2.48 bits per heavy atom. The van der Waals surface area contributed by atoms with Gasteiger partial charge in [-0.05, 0) is 70.6 Å². The fourth-order valence-corrected chi connectivity index (χ4v) is 3.10. The van der Waals surface area contributed by atoms with Gasteiger partial charge in [-0.3, -0.25) is 0 Å². The van der Waals surface area contributed by atoms with Crippen molar-refractivity contribution in [2.75, 3.05) is 0 Å². The highest BCUT2D eigenvalue weighted by atomic mass is 127. The van der Waals surface area contributed by atoms with Gasteiger partial charge in [-0.2, -0.15) is 0 Å². The van der Waals surface area contributed by atoms with Crippen LogP contribution in [0.2, 0.25) is 0 Å². The normalized spacial score (nSPS) is 10.8. The van der Waals surface area contributed by atoms with Crippen LogP contribution < -0.4 is 4.74 Å². The lowest BCUT2D eigenvalue weighted by atomic mass is 10.2. The number of rotatable bonds is 4. The first-order valence-electron chi connectivity index (χ1n) is 7.97. The molecule has 0 aliphatic heterocycles. The zero-order chi connectivity index (χ0) is 17.1. The van der Waals surface area contributed by atoms with Crippen LogP contribution in [0.5, 0.6) is 5.75 Å². The summed E-state index contributed by atoms with van der Waals surface area (Å²) in [6.45, 7) is 0.561. The number of aromatic nitrogens is 2. The van der Waals surface area contributed by atoms with Gasteiger partial charge in [0, 0.05) is 20.7 Å². The molecule has 0 radical (unpaired) electrons. The molecule has 25 heavy (non-hydrogen) atoms. The van der Waals surface area contributed by atoms with Gasteiger partial charge in [0.1, 0.15) is 12.4 Å². The summed E-state index contributed by atoms with van der Waals surface area (Å²) in [4.78, 5) is 9.14. The van der Waals surface area contributed by atoms with E-state index in [9.17, 15) is 0 Å². The number of hydrogen-bond acceptors (Lipinski definition) is 3. The van der Waals surface area contributed by atoms with Gasteiger partial charge in [0.25, 0.3) is 0 Å². The van der Waals surface area contributed by atoms with Gasteiger partial charge in [-0.25, -0.2) is 9.97 Å². The molecule has 0 atom stereocenters. The minimum atomic E-state index is 0.561. The number of nitrogens with zero attached hydrogens (tertiary/aromatic N) is 2. The SMILES string of the molecule is Ic1ccc2nc(-c3ccc(OCc4ccccc4)cc3)ncc2c1. The fourth-order valence-electron chi connectivity index (χ4n) is 2.58. The topological polar surface area (TPSA) is 35.0 Å². The standard InChI is InChI=1S/C21H15IN2O/c22-18-8-11-20-17(12-18)13-23-21(24-20)16-6-9-19(10-7-16)25-14-15-4-2-1-3-5-15/h1-13H,14H2. The Hall–Kier alpha value is -2.47. The Morgan fingerprint density at radius 2 is 1.68 bits per heavy atom. The van der Waals surface area contributed by atoms with Crippen LogP contribution >= 0.6 is 22.6 Å². The predicted molar refractivity (Wildman–Crippen MR) is 108 cm³/mol. The van der Waals surface area contributed by atoms with Crippen LogP contribution in [0.15, 0.2) is 79.0 Å². The monoisotopic (exact) mass is 438 g/mol. The van der Waals surface area contributed by atoms with Crippen molar-refractivity contribution < 1.29 is 4.74 Å². The summed E-state index contributed by atoms with van der Waals surface area (Å²) in [5.41, 5.74) is 3.08. The number of hydrogen-bond donors (Lipinski definition) is 0. The van der Waals surface area contributed by atoms with Crippen molar-refractivity contribution in [3.8, 4) is 17.1 Å². The van der Waals surface area contributed by atoms with Crippen molar-refractivity contribution in [3.05, 3.63) is 88.1 Å². The second-order valence-corrected chi connectivity index (χ2v) is 6.94. The van der Waals surface area contributed by atoms with Crippen molar-refractivity contribution in [2.45, 2.75) is 6.61 Å². The molecule has 122 valence electrons. The molecule has 4 aromatic rings. The maximum Gasteiger partial charge on any atom is 0.159 e. The highest BCUT2D eigenvalue weighted by molar-refractivity contribution is 14.1. The minimum absolute atomic E-state index is 0.561. The predicted octanol–water partition coefficient (Wildman–Crippen LogP) is 5.48. The molecule has 1 heterocycles. The highest BCUT2D eigenvalue weighted by Crippen LogP contribution is 2.22. The third-order valence-electron chi connectivity index (χ3n) is 3.90. The van der Waals surface area contributed by atoms with Crippen molar-refractivity contribution in [1.82, 2.24) is 9.97 Å².